The summed E-state index contributed by atoms with van der Waals surface area (Å²) in [5, 5.41) is 10.0. The van der Waals surface area contributed by atoms with E-state index in [4.69, 9.17) is 4.74 Å². The predicted octanol–water partition coefficient (Wildman–Crippen LogP) is 3.39. The molecule has 0 amide bonds. The van der Waals surface area contributed by atoms with Crippen LogP contribution in [-0.2, 0) is 4.74 Å². The van der Waals surface area contributed by atoms with E-state index >= 15 is 0 Å². The van der Waals surface area contributed by atoms with Crippen molar-refractivity contribution in [3.63, 3.8) is 0 Å². The molecule has 1 saturated heterocycles. The molecule has 0 spiro atoms. The quantitative estimate of drug-likeness (QED) is 0.667. The fraction of sp³-hybridized carbons (Fsp3) is 0.474. The van der Waals surface area contributed by atoms with Gasteiger partial charge in [0.05, 0.1) is 28.8 Å². The molecule has 3 aromatic rings. The number of halogens is 3. The van der Waals surface area contributed by atoms with Gasteiger partial charge in [-0.2, -0.15) is 18.3 Å². The van der Waals surface area contributed by atoms with Crippen molar-refractivity contribution in [2.75, 3.05) is 23.3 Å². The maximum atomic E-state index is 13.1. The molecule has 2 N–H and O–H groups in total. The molecule has 1 aliphatic rings. The van der Waals surface area contributed by atoms with E-state index in [2.05, 4.69) is 35.4 Å². The van der Waals surface area contributed by atoms with Gasteiger partial charge in [0, 0.05) is 25.4 Å². The monoisotopic (exact) mass is 421 g/mol. The van der Waals surface area contributed by atoms with Gasteiger partial charge in [-0.05, 0) is 26.8 Å². The van der Waals surface area contributed by atoms with E-state index in [1.165, 1.54) is 12.5 Å². The summed E-state index contributed by atoms with van der Waals surface area (Å²) in [7, 11) is 0. The van der Waals surface area contributed by atoms with Crippen LogP contribution in [0.5, 0.6) is 0 Å². The van der Waals surface area contributed by atoms with E-state index in [1.54, 1.807) is 12.1 Å². The molecule has 0 saturated carbocycles. The predicted molar refractivity (Wildman–Crippen MR) is 106 cm³/mol. The maximum Gasteiger partial charge on any atom is 0.408 e. The smallest absolute Gasteiger partial charge is 0.372 e. The number of pyridine rings is 1. The minimum atomic E-state index is -4.40. The summed E-state index contributed by atoms with van der Waals surface area (Å²) in [4.78, 5) is 14.9. The van der Waals surface area contributed by atoms with Crippen molar-refractivity contribution in [3.8, 4) is 11.4 Å². The summed E-state index contributed by atoms with van der Waals surface area (Å²) in [6.07, 6.45) is -1.43. The minimum Gasteiger partial charge on any atom is -0.372 e. The average molecular weight is 421 g/mol. The van der Waals surface area contributed by atoms with Crippen LogP contribution in [0.25, 0.3) is 22.3 Å². The molecule has 1 fully saturated rings. The second-order valence-corrected chi connectivity index (χ2v) is 7.49. The Labute approximate surface area is 170 Å². The van der Waals surface area contributed by atoms with Gasteiger partial charge in [-0.15, -0.1) is 0 Å². The Morgan fingerprint density at radius 3 is 2.63 bits per heavy atom. The number of aromatic nitrogens is 5. The molecular weight excluding hydrogens is 399 g/mol. The van der Waals surface area contributed by atoms with Crippen LogP contribution in [0.1, 0.15) is 20.8 Å². The Hall–Kier alpha value is -2.95. The number of nitrogens with zero attached hydrogens (tertiary/aromatic N) is 5. The number of rotatable bonds is 4. The highest BCUT2D eigenvalue weighted by Gasteiger charge is 2.36. The normalized spacial score (nSPS) is 21.1. The highest BCUT2D eigenvalue weighted by atomic mass is 19.4. The van der Waals surface area contributed by atoms with Crippen LogP contribution in [0.4, 0.5) is 24.8 Å². The van der Waals surface area contributed by atoms with Crippen LogP contribution >= 0.6 is 0 Å². The van der Waals surface area contributed by atoms with Crippen LogP contribution in [0.3, 0.4) is 0 Å². The molecule has 0 aliphatic carbocycles. The lowest BCUT2D eigenvalue weighted by Gasteiger charge is -2.36. The molecule has 3 atom stereocenters. The molecule has 4 heterocycles. The standard InChI is InChI=1S/C19H22F3N7O/c1-10-7-29(8-11(2)30-10)15-6-14(24-9-25-15)17-16-13(27-28-17)4-5-23-18(16)26-12(3)19(20,21)22/h4-6,9-12H,7-8H2,1-3H3,(H,23,26)(H,27,28)/t10-,11-,12+/m0/s1. The Morgan fingerprint density at radius 2 is 1.93 bits per heavy atom. The van der Waals surface area contributed by atoms with Crippen LogP contribution in [0.15, 0.2) is 24.7 Å². The van der Waals surface area contributed by atoms with E-state index in [0.717, 1.165) is 6.92 Å². The van der Waals surface area contributed by atoms with Gasteiger partial charge in [0.2, 0.25) is 0 Å². The van der Waals surface area contributed by atoms with Crippen molar-refractivity contribution in [1.82, 2.24) is 25.1 Å². The minimum absolute atomic E-state index is 0.0576. The Kier molecular flexibility index (Phi) is 5.22. The van der Waals surface area contributed by atoms with Gasteiger partial charge in [-0.25, -0.2) is 15.0 Å². The summed E-state index contributed by atoms with van der Waals surface area (Å²) in [6.45, 7) is 6.40. The number of hydrogen-bond acceptors (Lipinski definition) is 7. The molecule has 11 heteroatoms. The second-order valence-electron chi connectivity index (χ2n) is 7.49. The summed E-state index contributed by atoms with van der Waals surface area (Å²) < 4.78 is 44.9. The molecule has 0 radical (unpaired) electrons. The Morgan fingerprint density at radius 1 is 1.20 bits per heavy atom. The molecule has 30 heavy (non-hydrogen) atoms. The summed E-state index contributed by atoms with van der Waals surface area (Å²) >= 11 is 0. The van der Waals surface area contributed by atoms with Gasteiger partial charge in [-0.1, -0.05) is 0 Å². The first kappa shape index (κ1) is 20.3. The van der Waals surface area contributed by atoms with Crippen molar-refractivity contribution >= 4 is 22.5 Å². The number of H-pyrrole nitrogens is 1. The number of aromatic amines is 1. The zero-order valence-corrected chi connectivity index (χ0v) is 16.7. The molecule has 0 aromatic carbocycles. The van der Waals surface area contributed by atoms with Crippen molar-refractivity contribution in [2.24, 2.45) is 0 Å². The van der Waals surface area contributed by atoms with E-state index in [9.17, 15) is 13.2 Å². The maximum absolute atomic E-state index is 13.1. The lowest BCUT2D eigenvalue weighted by Crippen LogP contribution is -2.45. The SMILES string of the molecule is C[C@H]1CN(c2cc(-c3n[nH]c4ccnc(N[C@H](C)C(F)(F)F)c34)ncn2)C[C@H](C)O1. The zero-order valence-electron chi connectivity index (χ0n) is 16.7. The topological polar surface area (TPSA) is 91.9 Å². The van der Waals surface area contributed by atoms with Crippen LogP contribution < -0.4 is 10.2 Å². The lowest BCUT2D eigenvalue weighted by molar-refractivity contribution is -0.138. The number of fused-ring (bicyclic) bond motifs is 1. The molecular formula is C19H22F3N7O. The van der Waals surface area contributed by atoms with Crippen LogP contribution in [-0.4, -0.2) is 62.7 Å². The van der Waals surface area contributed by atoms with Crippen LogP contribution in [0.2, 0.25) is 0 Å². The van der Waals surface area contributed by atoms with E-state index in [-0.39, 0.29) is 18.0 Å². The van der Waals surface area contributed by atoms with Crippen molar-refractivity contribution < 1.29 is 17.9 Å². The third-order valence-corrected chi connectivity index (χ3v) is 4.96. The summed E-state index contributed by atoms with van der Waals surface area (Å²) in [5.74, 6) is 0.801. The van der Waals surface area contributed by atoms with Crippen LogP contribution in [0, 0.1) is 0 Å². The van der Waals surface area contributed by atoms with Crippen molar-refractivity contribution in [3.05, 3.63) is 24.7 Å². The molecule has 160 valence electrons. The molecule has 0 bridgehead atoms. The zero-order chi connectivity index (χ0) is 21.5. The van der Waals surface area contributed by atoms with Crippen molar-refractivity contribution in [2.45, 2.75) is 45.2 Å². The largest absolute Gasteiger partial charge is 0.408 e. The van der Waals surface area contributed by atoms with Gasteiger partial charge in [0.1, 0.15) is 29.7 Å². The summed E-state index contributed by atoms with van der Waals surface area (Å²) in [6, 6.07) is 1.67. The van der Waals surface area contributed by atoms with E-state index in [0.29, 0.717) is 41.2 Å². The van der Waals surface area contributed by atoms with Gasteiger partial charge in [0.25, 0.3) is 0 Å². The van der Waals surface area contributed by atoms with E-state index < -0.39 is 12.2 Å². The molecule has 0 unspecified atom stereocenters. The number of ether oxygens (including phenoxy) is 1. The first-order valence-electron chi connectivity index (χ1n) is 9.61. The highest BCUT2D eigenvalue weighted by Crippen LogP contribution is 2.33. The molecule has 4 rings (SSSR count). The van der Waals surface area contributed by atoms with Gasteiger partial charge >= 0.3 is 6.18 Å². The first-order valence-corrected chi connectivity index (χ1v) is 9.61. The number of alkyl halides is 3. The molecule has 1 aliphatic heterocycles. The number of nitrogens with one attached hydrogen (secondary N) is 2. The van der Waals surface area contributed by atoms with Gasteiger partial charge in [0.15, 0.2) is 0 Å². The molecule has 3 aromatic heterocycles. The highest BCUT2D eigenvalue weighted by molar-refractivity contribution is 6.00. The van der Waals surface area contributed by atoms with Gasteiger partial charge < -0.3 is 15.0 Å². The third kappa shape index (κ3) is 4.02. The molecule has 8 nitrogen and oxygen atoms in total. The Bertz CT molecular complexity index is 1030. The lowest BCUT2D eigenvalue weighted by atomic mass is 10.1. The first-order chi connectivity index (χ1) is 14.2. The second kappa shape index (κ2) is 7.71. The van der Waals surface area contributed by atoms with Gasteiger partial charge in [-0.3, -0.25) is 5.10 Å². The third-order valence-electron chi connectivity index (χ3n) is 4.96. The van der Waals surface area contributed by atoms with Crippen molar-refractivity contribution in [1.29, 1.82) is 0 Å². The summed E-state index contributed by atoms with van der Waals surface area (Å²) in [5.41, 5.74) is 1.47. The van der Waals surface area contributed by atoms with E-state index in [1.807, 2.05) is 13.8 Å². The fourth-order valence-electron chi connectivity index (χ4n) is 3.56. The fourth-order valence-corrected chi connectivity index (χ4v) is 3.56. The number of anilines is 2. The number of morpholine rings is 1. The average Bonchev–Trinajstić information content (AvgIpc) is 3.12. The Balaban J connectivity index is 1.72. The number of hydrogen-bond donors (Lipinski definition) is 2.